The number of anilines is 2. The van der Waals surface area contributed by atoms with E-state index in [1.54, 1.807) is 0 Å². The van der Waals surface area contributed by atoms with Gasteiger partial charge < -0.3 is 15.1 Å². The van der Waals surface area contributed by atoms with Crippen LogP contribution in [0.4, 0.5) is 11.4 Å². The third kappa shape index (κ3) is 3.82. The van der Waals surface area contributed by atoms with Gasteiger partial charge in [0.25, 0.3) is 0 Å². The minimum absolute atomic E-state index is 0.792. The van der Waals surface area contributed by atoms with E-state index in [0.717, 1.165) is 47.7 Å². The summed E-state index contributed by atoms with van der Waals surface area (Å²) in [6.07, 6.45) is 0. The van der Waals surface area contributed by atoms with Gasteiger partial charge in [-0.25, -0.2) is 0 Å². The number of piperazine rings is 1. The summed E-state index contributed by atoms with van der Waals surface area (Å²) in [4.78, 5) is 4.54. The van der Waals surface area contributed by atoms with Crippen molar-refractivity contribution in [2.24, 2.45) is 0 Å². The molecule has 1 N–H and O–H groups in total. The van der Waals surface area contributed by atoms with Crippen LogP contribution >= 0.6 is 23.8 Å². The maximum absolute atomic E-state index is 6.30. The Morgan fingerprint density at radius 2 is 1.75 bits per heavy atom. The summed E-state index contributed by atoms with van der Waals surface area (Å²) >= 11 is 11.9. The molecule has 0 aliphatic carbocycles. The summed E-state index contributed by atoms with van der Waals surface area (Å²) < 4.78 is 0. The second-order valence-electron chi connectivity index (χ2n) is 6.17. The van der Waals surface area contributed by atoms with E-state index >= 15 is 0 Å². The molecule has 5 heteroatoms. The van der Waals surface area contributed by atoms with Crippen LogP contribution in [0, 0.1) is 13.8 Å². The summed E-state index contributed by atoms with van der Waals surface area (Å²) in [5.74, 6) is 0. The molecule has 0 spiro atoms. The highest BCUT2D eigenvalue weighted by molar-refractivity contribution is 7.80. The number of para-hydroxylation sites is 1. The lowest BCUT2D eigenvalue weighted by Gasteiger charge is -2.37. The van der Waals surface area contributed by atoms with Crippen molar-refractivity contribution >= 4 is 40.3 Å². The Morgan fingerprint density at radius 3 is 2.42 bits per heavy atom. The van der Waals surface area contributed by atoms with Gasteiger partial charge in [-0.2, -0.15) is 0 Å². The molecular weight excluding hydrogens is 338 g/mol. The van der Waals surface area contributed by atoms with Crippen LogP contribution in [-0.4, -0.2) is 36.2 Å². The number of thiocarbonyl (C=S) groups is 1. The van der Waals surface area contributed by atoms with Gasteiger partial charge in [-0.1, -0.05) is 41.4 Å². The highest BCUT2D eigenvalue weighted by atomic mass is 35.5. The van der Waals surface area contributed by atoms with E-state index in [4.69, 9.17) is 23.8 Å². The normalized spacial score (nSPS) is 14.6. The van der Waals surface area contributed by atoms with Crippen molar-refractivity contribution < 1.29 is 0 Å². The third-order valence-electron chi connectivity index (χ3n) is 4.38. The van der Waals surface area contributed by atoms with Crippen LogP contribution in [0.15, 0.2) is 42.5 Å². The minimum atomic E-state index is 0.792. The first-order valence-electron chi connectivity index (χ1n) is 8.17. The Labute approximate surface area is 154 Å². The van der Waals surface area contributed by atoms with Gasteiger partial charge in [0.05, 0.1) is 10.7 Å². The van der Waals surface area contributed by atoms with E-state index in [1.807, 2.05) is 18.2 Å². The molecule has 1 fully saturated rings. The maximum Gasteiger partial charge on any atom is 0.173 e. The Kier molecular flexibility index (Phi) is 5.27. The van der Waals surface area contributed by atoms with Crippen LogP contribution in [-0.2, 0) is 0 Å². The maximum atomic E-state index is 6.30. The van der Waals surface area contributed by atoms with Crippen molar-refractivity contribution in [1.29, 1.82) is 0 Å². The Hall–Kier alpha value is -1.78. The second-order valence-corrected chi connectivity index (χ2v) is 6.97. The molecule has 0 radical (unpaired) electrons. The Balaban J connectivity index is 1.60. The van der Waals surface area contributed by atoms with Crippen LogP contribution in [0.2, 0.25) is 5.02 Å². The van der Waals surface area contributed by atoms with E-state index in [1.165, 1.54) is 11.1 Å². The average molecular weight is 360 g/mol. The number of hydrogen-bond acceptors (Lipinski definition) is 2. The molecule has 24 heavy (non-hydrogen) atoms. The third-order valence-corrected chi connectivity index (χ3v) is 5.06. The predicted molar refractivity (Wildman–Crippen MR) is 107 cm³/mol. The number of nitrogens with one attached hydrogen (secondary N) is 1. The first-order chi connectivity index (χ1) is 11.5. The van der Waals surface area contributed by atoms with Gasteiger partial charge in [-0.15, -0.1) is 0 Å². The summed E-state index contributed by atoms with van der Waals surface area (Å²) in [6, 6.07) is 14.4. The second kappa shape index (κ2) is 7.41. The van der Waals surface area contributed by atoms with Crippen molar-refractivity contribution in [2.45, 2.75) is 13.8 Å². The number of rotatable bonds is 2. The van der Waals surface area contributed by atoms with E-state index < -0.39 is 0 Å². The quantitative estimate of drug-likeness (QED) is 0.797. The highest BCUT2D eigenvalue weighted by Crippen LogP contribution is 2.26. The van der Waals surface area contributed by atoms with Crippen LogP contribution in [0.5, 0.6) is 0 Å². The average Bonchev–Trinajstić information content (AvgIpc) is 2.58. The van der Waals surface area contributed by atoms with Crippen LogP contribution in [0.1, 0.15) is 11.1 Å². The molecule has 3 nitrogen and oxygen atoms in total. The fourth-order valence-electron chi connectivity index (χ4n) is 3.01. The van der Waals surface area contributed by atoms with E-state index in [9.17, 15) is 0 Å². The fraction of sp³-hybridized carbons (Fsp3) is 0.316. The van der Waals surface area contributed by atoms with Crippen molar-refractivity contribution in [3.05, 3.63) is 58.6 Å². The van der Waals surface area contributed by atoms with Crippen LogP contribution in [0.25, 0.3) is 0 Å². The molecule has 1 heterocycles. The van der Waals surface area contributed by atoms with E-state index in [-0.39, 0.29) is 0 Å². The van der Waals surface area contributed by atoms with Crippen molar-refractivity contribution in [1.82, 2.24) is 4.90 Å². The van der Waals surface area contributed by atoms with Gasteiger partial charge in [0, 0.05) is 31.9 Å². The number of nitrogens with zero attached hydrogens (tertiary/aromatic N) is 2. The number of hydrogen-bond donors (Lipinski definition) is 1. The van der Waals surface area contributed by atoms with Crippen molar-refractivity contribution in [3.8, 4) is 0 Å². The summed E-state index contributed by atoms with van der Waals surface area (Å²) in [7, 11) is 0. The predicted octanol–water partition coefficient (Wildman–Crippen LogP) is 4.48. The molecule has 126 valence electrons. The monoisotopic (exact) mass is 359 g/mol. The zero-order valence-corrected chi connectivity index (χ0v) is 15.6. The molecule has 2 aromatic carbocycles. The zero-order valence-electron chi connectivity index (χ0n) is 14.1. The lowest BCUT2D eigenvalue weighted by Crippen LogP contribution is -2.50. The van der Waals surface area contributed by atoms with Gasteiger partial charge in [0.15, 0.2) is 5.11 Å². The summed E-state index contributed by atoms with van der Waals surface area (Å²) in [5.41, 5.74) is 4.66. The lowest BCUT2D eigenvalue weighted by molar-refractivity contribution is 0.391. The smallest absolute Gasteiger partial charge is 0.173 e. The molecule has 1 aliphatic heterocycles. The van der Waals surface area contributed by atoms with Crippen molar-refractivity contribution in [3.63, 3.8) is 0 Å². The standard InChI is InChI=1S/C19H22ClN3S/c1-14-7-8-17(15(2)13-14)21-19(24)23-11-9-22(10-12-23)18-6-4-3-5-16(18)20/h3-8,13H,9-12H2,1-2H3,(H,21,24). The molecule has 2 aromatic rings. The molecule has 0 bridgehead atoms. The largest absolute Gasteiger partial charge is 0.367 e. The van der Waals surface area contributed by atoms with Crippen molar-refractivity contribution in [2.75, 3.05) is 36.4 Å². The highest BCUT2D eigenvalue weighted by Gasteiger charge is 2.20. The SMILES string of the molecule is Cc1ccc(NC(=S)N2CCN(c3ccccc3Cl)CC2)c(C)c1. The molecule has 1 aliphatic rings. The molecule has 0 unspecified atom stereocenters. The van der Waals surface area contributed by atoms with Gasteiger partial charge in [0.1, 0.15) is 0 Å². The topological polar surface area (TPSA) is 18.5 Å². The van der Waals surface area contributed by atoms with E-state index in [2.05, 4.69) is 53.2 Å². The van der Waals surface area contributed by atoms with Gasteiger partial charge >= 0.3 is 0 Å². The molecule has 0 saturated carbocycles. The molecule has 0 amide bonds. The Morgan fingerprint density at radius 1 is 1.04 bits per heavy atom. The summed E-state index contributed by atoms with van der Waals surface area (Å²) in [6.45, 7) is 7.82. The Bertz CT molecular complexity index is 739. The summed E-state index contributed by atoms with van der Waals surface area (Å²) in [5, 5.41) is 4.99. The first kappa shape index (κ1) is 17.1. The molecule has 1 saturated heterocycles. The lowest BCUT2D eigenvalue weighted by atomic mass is 10.1. The van der Waals surface area contributed by atoms with Gasteiger partial charge in [0.2, 0.25) is 0 Å². The van der Waals surface area contributed by atoms with E-state index in [0.29, 0.717) is 0 Å². The first-order valence-corrected chi connectivity index (χ1v) is 8.96. The zero-order chi connectivity index (χ0) is 17.1. The number of benzene rings is 2. The molecule has 0 atom stereocenters. The molecule has 3 rings (SSSR count). The molecular formula is C19H22ClN3S. The molecule has 0 aromatic heterocycles. The number of aryl methyl sites for hydroxylation is 2. The van der Waals surface area contributed by atoms with Crippen LogP contribution in [0.3, 0.4) is 0 Å². The number of halogens is 1. The van der Waals surface area contributed by atoms with Gasteiger partial charge in [-0.05, 0) is 49.8 Å². The van der Waals surface area contributed by atoms with Crippen LogP contribution < -0.4 is 10.2 Å². The fourth-order valence-corrected chi connectivity index (χ4v) is 3.55. The van der Waals surface area contributed by atoms with Gasteiger partial charge in [-0.3, -0.25) is 0 Å². The minimum Gasteiger partial charge on any atom is -0.367 e.